The Bertz CT molecular complexity index is 404. The van der Waals surface area contributed by atoms with Gasteiger partial charge in [0.15, 0.2) is 0 Å². The molecular weight excluding hydrogens is 170 g/mol. The summed E-state index contributed by atoms with van der Waals surface area (Å²) < 4.78 is 2.19. The number of aromatic nitrogens is 1. The normalized spacial score (nSPS) is 12.2. The van der Waals surface area contributed by atoms with Crippen molar-refractivity contribution in [3.8, 4) is 0 Å². The van der Waals surface area contributed by atoms with Crippen molar-refractivity contribution >= 4 is 5.52 Å². The SMILES string of the molecule is CCC(C)(C)c1cc2ccccn2c1. The molecule has 2 aromatic heterocycles. The summed E-state index contributed by atoms with van der Waals surface area (Å²) in [6.45, 7) is 6.83. The molecule has 0 saturated carbocycles. The van der Waals surface area contributed by atoms with Gasteiger partial charge in [0.2, 0.25) is 0 Å². The number of nitrogens with zero attached hydrogens (tertiary/aromatic N) is 1. The minimum atomic E-state index is 0.284. The van der Waals surface area contributed by atoms with Gasteiger partial charge in [-0.15, -0.1) is 0 Å². The van der Waals surface area contributed by atoms with Crippen LogP contribution in [0.15, 0.2) is 36.7 Å². The molecule has 0 N–H and O–H groups in total. The first kappa shape index (κ1) is 9.32. The number of hydrogen-bond donors (Lipinski definition) is 0. The summed E-state index contributed by atoms with van der Waals surface area (Å²) in [4.78, 5) is 0. The molecule has 0 amide bonds. The first-order valence-corrected chi connectivity index (χ1v) is 5.21. The maximum Gasteiger partial charge on any atom is 0.0452 e. The van der Waals surface area contributed by atoms with Crippen LogP contribution in [0, 0.1) is 0 Å². The van der Waals surface area contributed by atoms with E-state index in [1.807, 2.05) is 0 Å². The van der Waals surface area contributed by atoms with Crippen molar-refractivity contribution in [3.63, 3.8) is 0 Å². The fraction of sp³-hybridized carbons (Fsp3) is 0.385. The standard InChI is InChI=1S/C13H17N/c1-4-13(2,3)11-9-12-7-5-6-8-14(12)10-11/h5-10H,4H2,1-3H3. The van der Waals surface area contributed by atoms with Crippen LogP contribution in [0.1, 0.15) is 32.8 Å². The molecule has 0 spiro atoms. The van der Waals surface area contributed by atoms with Gasteiger partial charge in [-0.2, -0.15) is 0 Å². The Morgan fingerprint density at radius 2 is 2.07 bits per heavy atom. The van der Waals surface area contributed by atoms with Crippen molar-refractivity contribution < 1.29 is 0 Å². The highest BCUT2D eigenvalue weighted by atomic mass is 14.9. The molecule has 0 aliphatic heterocycles. The summed E-state index contributed by atoms with van der Waals surface area (Å²) >= 11 is 0. The second-order valence-electron chi connectivity index (χ2n) is 4.50. The lowest BCUT2D eigenvalue weighted by atomic mass is 9.84. The third-order valence-corrected chi connectivity index (χ3v) is 3.17. The Morgan fingerprint density at radius 1 is 1.29 bits per heavy atom. The van der Waals surface area contributed by atoms with E-state index < -0.39 is 0 Å². The Morgan fingerprint density at radius 3 is 2.71 bits per heavy atom. The highest BCUT2D eigenvalue weighted by Crippen LogP contribution is 2.28. The van der Waals surface area contributed by atoms with Gasteiger partial charge >= 0.3 is 0 Å². The van der Waals surface area contributed by atoms with E-state index >= 15 is 0 Å². The number of rotatable bonds is 2. The molecule has 74 valence electrons. The zero-order valence-electron chi connectivity index (χ0n) is 9.12. The van der Waals surface area contributed by atoms with Gasteiger partial charge in [-0.25, -0.2) is 0 Å². The maximum absolute atomic E-state index is 2.29. The van der Waals surface area contributed by atoms with Crippen LogP contribution in [0.4, 0.5) is 0 Å². The quantitative estimate of drug-likeness (QED) is 0.676. The summed E-state index contributed by atoms with van der Waals surface area (Å²) in [5.41, 5.74) is 2.99. The van der Waals surface area contributed by atoms with E-state index in [0.717, 1.165) is 0 Å². The average Bonchev–Trinajstić information content (AvgIpc) is 2.61. The lowest BCUT2D eigenvalue weighted by Crippen LogP contribution is -2.14. The second-order valence-corrected chi connectivity index (χ2v) is 4.50. The van der Waals surface area contributed by atoms with Gasteiger partial charge in [-0.05, 0) is 35.6 Å². The lowest BCUT2D eigenvalue weighted by Gasteiger charge is -2.20. The smallest absolute Gasteiger partial charge is 0.0452 e. The Hall–Kier alpha value is -1.24. The summed E-state index contributed by atoms with van der Waals surface area (Å²) in [6, 6.07) is 8.58. The predicted molar refractivity (Wildman–Crippen MR) is 60.7 cm³/mol. The van der Waals surface area contributed by atoms with Crippen LogP contribution in [-0.4, -0.2) is 4.40 Å². The fourth-order valence-electron chi connectivity index (χ4n) is 1.63. The molecule has 2 rings (SSSR count). The third kappa shape index (κ3) is 1.43. The highest BCUT2D eigenvalue weighted by Gasteiger charge is 2.19. The van der Waals surface area contributed by atoms with E-state index in [1.54, 1.807) is 0 Å². The van der Waals surface area contributed by atoms with Crippen LogP contribution < -0.4 is 0 Å². The molecular formula is C13H17N. The topological polar surface area (TPSA) is 4.41 Å². The van der Waals surface area contributed by atoms with Crippen LogP contribution in [0.5, 0.6) is 0 Å². The number of hydrogen-bond acceptors (Lipinski definition) is 0. The van der Waals surface area contributed by atoms with Crippen molar-refractivity contribution in [1.82, 2.24) is 4.40 Å². The third-order valence-electron chi connectivity index (χ3n) is 3.17. The van der Waals surface area contributed by atoms with E-state index in [1.165, 1.54) is 17.5 Å². The maximum atomic E-state index is 2.29. The molecule has 1 nitrogen and oxygen atoms in total. The number of pyridine rings is 1. The Balaban J connectivity index is 2.55. The molecule has 14 heavy (non-hydrogen) atoms. The summed E-state index contributed by atoms with van der Waals surface area (Å²) in [6.07, 6.45) is 5.51. The first-order chi connectivity index (χ1) is 6.63. The van der Waals surface area contributed by atoms with Crippen LogP contribution in [0.3, 0.4) is 0 Å². The van der Waals surface area contributed by atoms with Crippen LogP contribution >= 0.6 is 0 Å². The molecule has 2 heterocycles. The molecule has 0 aromatic carbocycles. The average molecular weight is 187 g/mol. The van der Waals surface area contributed by atoms with Gasteiger partial charge in [0, 0.05) is 17.9 Å². The first-order valence-electron chi connectivity index (χ1n) is 5.21. The van der Waals surface area contributed by atoms with Gasteiger partial charge in [0.1, 0.15) is 0 Å². The largest absolute Gasteiger partial charge is 0.324 e. The van der Waals surface area contributed by atoms with Crippen molar-refractivity contribution in [3.05, 3.63) is 42.2 Å². The molecule has 0 bridgehead atoms. The molecule has 0 saturated heterocycles. The van der Waals surface area contributed by atoms with E-state index in [4.69, 9.17) is 0 Å². The number of fused-ring (bicyclic) bond motifs is 1. The molecule has 0 atom stereocenters. The monoisotopic (exact) mass is 187 g/mol. The minimum Gasteiger partial charge on any atom is -0.324 e. The highest BCUT2D eigenvalue weighted by molar-refractivity contribution is 5.51. The molecule has 1 heteroatoms. The summed E-state index contributed by atoms with van der Waals surface area (Å²) in [5, 5.41) is 0. The zero-order chi connectivity index (χ0) is 10.2. The molecule has 0 aliphatic rings. The van der Waals surface area contributed by atoms with Crippen molar-refractivity contribution in [2.75, 3.05) is 0 Å². The van der Waals surface area contributed by atoms with Gasteiger partial charge in [-0.3, -0.25) is 0 Å². The van der Waals surface area contributed by atoms with Gasteiger partial charge in [0.05, 0.1) is 0 Å². The van der Waals surface area contributed by atoms with Gasteiger partial charge in [-0.1, -0.05) is 26.8 Å². The fourth-order valence-corrected chi connectivity index (χ4v) is 1.63. The summed E-state index contributed by atoms with van der Waals surface area (Å²) in [5.74, 6) is 0. The minimum absolute atomic E-state index is 0.284. The molecule has 0 aliphatic carbocycles. The van der Waals surface area contributed by atoms with E-state index in [9.17, 15) is 0 Å². The van der Waals surface area contributed by atoms with Crippen molar-refractivity contribution in [2.24, 2.45) is 0 Å². The van der Waals surface area contributed by atoms with Crippen LogP contribution in [0.2, 0.25) is 0 Å². The Kier molecular flexibility index (Phi) is 2.10. The Labute approximate surface area is 85.4 Å². The molecule has 0 fully saturated rings. The van der Waals surface area contributed by atoms with E-state index in [2.05, 4.69) is 61.8 Å². The van der Waals surface area contributed by atoms with Gasteiger partial charge < -0.3 is 4.40 Å². The van der Waals surface area contributed by atoms with E-state index in [-0.39, 0.29) is 5.41 Å². The van der Waals surface area contributed by atoms with Gasteiger partial charge in [0.25, 0.3) is 0 Å². The van der Waals surface area contributed by atoms with Crippen LogP contribution in [-0.2, 0) is 5.41 Å². The van der Waals surface area contributed by atoms with Crippen molar-refractivity contribution in [2.45, 2.75) is 32.6 Å². The molecule has 2 aromatic rings. The lowest BCUT2D eigenvalue weighted by molar-refractivity contribution is 0.506. The zero-order valence-corrected chi connectivity index (χ0v) is 9.12. The van der Waals surface area contributed by atoms with E-state index in [0.29, 0.717) is 0 Å². The molecule has 0 unspecified atom stereocenters. The second kappa shape index (κ2) is 3.16. The van der Waals surface area contributed by atoms with Crippen LogP contribution in [0.25, 0.3) is 5.52 Å². The molecule has 0 radical (unpaired) electrons. The van der Waals surface area contributed by atoms with Crippen molar-refractivity contribution in [1.29, 1.82) is 0 Å². The summed E-state index contributed by atoms with van der Waals surface area (Å²) in [7, 11) is 0. The predicted octanol–water partition coefficient (Wildman–Crippen LogP) is 3.63.